The quantitative estimate of drug-likeness (QED) is 0.168. The van der Waals surface area contributed by atoms with E-state index < -0.39 is 0 Å². The van der Waals surface area contributed by atoms with Gasteiger partial charge in [-0.25, -0.2) is 15.0 Å². The lowest BCUT2D eigenvalue weighted by Crippen LogP contribution is -2.01. The summed E-state index contributed by atoms with van der Waals surface area (Å²) in [5.41, 5.74) is 8.55. The van der Waals surface area contributed by atoms with Crippen molar-refractivity contribution in [2.45, 2.75) is 0 Å². The minimum atomic E-state index is 0.626. The van der Waals surface area contributed by atoms with Gasteiger partial charge >= 0.3 is 0 Å². The summed E-state index contributed by atoms with van der Waals surface area (Å²) < 4.78 is 2.33. The molecule has 0 aliphatic carbocycles. The zero-order valence-corrected chi connectivity index (χ0v) is 29.8. The Balaban J connectivity index is 1.13. The van der Waals surface area contributed by atoms with Crippen LogP contribution in [-0.2, 0) is 0 Å². The lowest BCUT2D eigenvalue weighted by molar-refractivity contribution is 1.07. The number of fused-ring (bicyclic) bond motifs is 9. The molecule has 11 aromatic rings. The van der Waals surface area contributed by atoms with E-state index in [4.69, 9.17) is 15.0 Å². The number of aromatic nitrogens is 4. The van der Waals surface area contributed by atoms with E-state index in [-0.39, 0.29) is 0 Å². The van der Waals surface area contributed by atoms with E-state index in [1.54, 1.807) is 0 Å². The van der Waals surface area contributed by atoms with Crippen molar-refractivity contribution in [3.63, 3.8) is 0 Å². The van der Waals surface area contributed by atoms with Crippen molar-refractivity contribution in [2.75, 3.05) is 0 Å². The molecule has 0 spiro atoms. The first-order valence-corrected chi connectivity index (χ1v) is 18.6. The van der Waals surface area contributed by atoms with E-state index in [1.807, 2.05) is 18.2 Å². The SMILES string of the molecule is c1ccc(-c2ccc3c4ccccc4c4ccc(-c5nc(-c6ccccc6)nc(-c6cccc(-n7c8ccccc8c8ccccc87)c6)n5)cc4c3c2)cc1. The molecule has 0 bridgehead atoms. The van der Waals surface area contributed by atoms with Crippen LogP contribution in [0.5, 0.6) is 0 Å². The van der Waals surface area contributed by atoms with E-state index in [0.29, 0.717) is 17.5 Å². The number of nitrogens with zero attached hydrogens (tertiary/aromatic N) is 4. The highest BCUT2D eigenvalue weighted by Crippen LogP contribution is 2.39. The number of hydrogen-bond acceptors (Lipinski definition) is 3. The highest BCUT2D eigenvalue weighted by molar-refractivity contribution is 6.26. The van der Waals surface area contributed by atoms with Crippen molar-refractivity contribution in [3.05, 3.63) is 194 Å². The van der Waals surface area contributed by atoms with Crippen LogP contribution in [0.15, 0.2) is 194 Å². The molecule has 9 aromatic carbocycles. The topological polar surface area (TPSA) is 43.6 Å². The van der Waals surface area contributed by atoms with Crippen LogP contribution >= 0.6 is 0 Å². The second-order valence-electron chi connectivity index (χ2n) is 14.0. The van der Waals surface area contributed by atoms with Crippen molar-refractivity contribution in [1.82, 2.24) is 19.5 Å². The third kappa shape index (κ3) is 5.19. The summed E-state index contributed by atoms with van der Waals surface area (Å²) in [6, 6.07) is 68.7. The number of rotatable bonds is 5. The summed E-state index contributed by atoms with van der Waals surface area (Å²) in [5.74, 6) is 1.90. The van der Waals surface area contributed by atoms with Gasteiger partial charge in [-0.15, -0.1) is 0 Å². The summed E-state index contributed by atoms with van der Waals surface area (Å²) in [5, 5.41) is 9.72. The smallest absolute Gasteiger partial charge is 0.164 e. The first-order chi connectivity index (χ1) is 27.3. The van der Waals surface area contributed by atoms with Gasteiger partial charge in [0, 0.05) is 33.2 Å². The summed E-state index contributed by atoms with van der Waals surface area (Å²) in [7, 11) is 0. The largest absolute Gasteiger partial charge is 0.309 e. The molecule has 4 nitrogen and oxygen atoms in total. The van der Waals surface area contributed by atoms with Crippen LogP contribution in [0.4, 0.5) is 0 Å². The zero-order chi connectivity index (χ0) is 36.3. The van der Waals surface area contributed by atoms with Gasteiger partial charge in [0.15, 0.2) is 17.5 Å². The predicted octanol–water partition coefficient (Wildman–Crippen LogP) is 13.1. The summed E-state index contributed by atoms with van der Waals surface area (Å²) >= 11 is 0. The Bertz CT molecular complexity index is 3200. The van der Waals surface area contributed by atoms with Crippen LogP contribution in [0.1, 0.15) is 0 Å². The van der Waals surface area contributed by atoms with Crippen LogP contribution in [0, 0.1) is 0 Å². The summed E-state index contributed by atoms with van der Waals surface area (Å²) in [6.07, 6.45) is 0. The van der Waals surface area contributed by atoms with Gasteiger partial charge < -0.3 is 4.57 Å². The van der Waals surface area contributed by atoms with E-state index in [1.165, 1.54) is 54.2 Å². The maximum absolute atomic E-state index is 5.23. The Hall–Kier alpha value is -7.43. The van der Waals surface area contributed by atoms with Gasteiger partial charge in [0.05, 0.1) is 11.0 Å². The minimum Gasteiger partial charge on any atom is -0.309 e. The molecular weight excluding hydrogens is 669 g/mol. The fraction of sp³-hybridized carbons (Fsp3) is 0. The Morgan fingerprint density at radius 1 is 0.255 bits per heavy atom. The van der Waals surface area contributed by atoms with E-state index in [9.17, 15) is 0 Å². The molecule has 0 saturated carbocycles. The molecule has 0 aliphatic heterocycles. The van der Waals surface area contributed by atoms with Crippen LogP contribution in [0.2, 0.25) is 0 Å². The molecule has 11 rings (SSSR count). The number of hydrogen-bond donors (Lipinski definition) is 0. The molecule has 0 saturated heterocycles. The van der Waals surface area contributed by atoms with Crippen LogP contribution < -0.4 is 0 Å². The average molecular weight is 701 g/mol. The molecule has 0 amide bonds. The van der Waals surface area contributed by atoms with Gasteiger partial charge in [0.2, 0.25) is 0 Å². The molecular formula is C51H32N4. The lowest BCUT2D eigenvalue weighted by atomic mass is 9.91. The van der Waals surface area contributed by atoms with Gasteiger partial charge in [0.1, 0.15) is 0 Å². The molecule has 256 valence electrons. The summed E-state index contributed by atoms with van der Waals surface area (Å²) in [4.78, 5) is 15.5. The van der Waals surface area contributed by atoms with Gasteiger partial charge in [0.25, 0.3) is 0 Å². The third-order valence-corrected chi connectivity index (χ3v) is 10.8. The van der Waals surface area contributed by atoms with Crippen LogP contribution in [-0.4, -0.2) is 19.5 Å². The van der Waals surface area contributed by atoms with E-state index in [0.717, 1.165) is 33.4 Å². The second kappa shape index (κ2) is 12.6. The van der Waals surface area contributed by atoms with Crippen molar-refractivity contribution in [3.8, 4) is 51.0 Å². The van der Waals surface area contributed by atoms with Crippen molar-refractivity contribution >= 4 is 54.1 Å². The Morgan fingerprint density at radius 3 is 1.27 bits per heavy atom. The Labute approximate surface area is 317 Å². The van der Waals surface area contributed by atoms with Gasteiger partial charge in [-0.1, -0.05) is 158 Å². The Morgan fingerprint density at radius 2 is 0.673 bits per heavy atom. The summed E-state index contributed by atoms with van der Waals surface area (Å²) in [6.45, 7) is 0. The van der Waals surface area contributed by atoms with Crippen LogP contribution in [0.25, 0.3) is 105 Å². The van der Waals surface area contributed by atoms with Crippen LogP contribution in [0.3, 0.4) is 0 Å². The predicted molar refractivity (Wildman–Crippen MR) is 228 cm³/mol. The fourth-order valence-electron chi connectivity index (χ4n) is 8.24. The van der Waals surface area contributed by atoms with E-state index >= 15 is 0 Å². The average Bonchev–Trinajstić information content (AvgIpc) is 3.61. The van der Waals surface area contributed by atoms with Gasteiger partial charge in [-0.05, 0) is 79.8 Å². The fourth-order valence-corrected chi connectivity index (χ4v) is 8.24. The minimum absolute atomic E-state index is 0.626. The van der Waals surface area contributed by atoms with E-state index in [2.05, 4.69) is 180 Å². The molecule has 4 heteroatoms. The molecule has 0 fully saturated rings. The molecule has 0 N–H and O–H groups in total. The molecule has 2 aromatic heterocycles. The molecule has 0 unspecified atom stereocenters. The number of benzene rings is 9. The first-order valence-electron chi connectivity index (χ1n) is 18.6. The normalized spacial score (nSPS) is 11.6. The molecule has 2 heterocycles. The molecule has 55 heavy (non-hydrogen) atoms. The monoisotopic (exact) mass is 700 g/mol. The lowest BCUT2D eigenvalue weighted by Gasteiger charge is -2.14. The highest BCUT2D eigenvalue weighted by atomic mass is 15.0. The zero-order valence-electron chi connectivity index (χ0n) is 29.8. The number of para-hydroxylation sites is 2. The highest BCUT2D eigenvalue weighted by Gasteiger charge is 2.17. The van der Waals surface area contributed by atoms with Crippen molar-refractivity contribution < 1.29 is 0 Å². The van der Waals surface area contributed by atoms with Gasteiger partial charge in [-0.2, -0.15) is 0 Å². The van der Waals surface area contributed by atoms with Gasteiger partial charge in [-0.3, -0.25) is 0 Å². The molecule has 0 atom stereocenters. The maximum atomic E-state index is 5.23. The molecule has 0 radical (unpaired) electrons. The first kappa shape index (κ1) is 31.1. The van der Waals surface area contributed by atoms with Crippen molar-refractivity contribution in [2.24, 2.45) is 0 Å². The third-order valence-electron chi connectivity index (χ3n) is 10.8. The molecule has 0 aliphatic rings. The second-order valence-corrected chi connectivity index (χ2v) is 14.0. The Kier molecular flexibility index (Phi) is 7.14. The standard InChI is InChI=1S/C51H32N4/c1-3-14-33(15-4-1)35-26-28-41-39-20-7-8-21-40(39)42-29-27-37(32-46(42)45(41)31-35)51-53-49(34-16-5-2-6-17-34)52-50(54-51)36-18-13-19-38(30-36)55-47-24-11-9-22-43(47)44-23-10-12-25-48(44)55/h1-32H. The maximum Gasteiger partial charge on any atom is 0.164 e. The van der Waals surface area contributed by atoms with Crippen molar-refractivity contribution in [1.29, 1.82) is 0 Å².